The highest BCUT2D eigenvalue weighted by Crippen LogP contribution is 2.22. The van der Waals surface area contributed by atoms with Gasteiger partial charge in [-0.1, -0.05) is 0 Å². The van der Waals surface area contributed by atoms with E-state index in [9.17, 15) is 0 Å². The Labute approximate surface area is 132 Å². The summed E-state index contributed by atoms with van der Waals surface area (Å²) in [5.74, 6) is 1.51. The molecule has 5 heteroatoms. The van der Waals surface area contributed by atoms with Crippen molar-refractivity contribution < 1.29 is 0 Å². The number of benzene rings is 1. The number of nitrogens with zero attached hydrogens (tertiary/aromatic N) is 3. The molecule has 0 unspecified atom stereocenters. The molecule has 0 amide bonds. The van der Waals surface area contributed by atoms with E-state index in [0.717, 1.165) is 29.8 Å². The first-order chi connectivity index (χ1) is 10.2. The summed E-state index contributed by atoms with van der Waals surface area (Å²) in [5.41, 5.74) is 5.15. The summed E-state index contributed by atoms with van der Waals surface area (Å²) in [6.07, 6.45) is 0.724. The highest BCUT2D eigenvalue weighted by molar-refractivity contribution is 7.08. The molecule has 0 saturated carbocycles. The minimum Gasteiger partial charge on any atom is -0.323 e. The van der Waals surface area contributed by atoms with Crippen LogP contribution in [-0.4, -0.2) is 15.4 Å². The van der Waals surface area contributed by atoms with E-state index in [1.807, 2.05) is 12.1 Å². The fourth-order valence-corrected chi connectivity index (χ4v) is 3.43. The van der Waals surface area contributed by atoms with E-state index in [1.54, 1.807) is 17.4 Å². The first-order valence-electron chi connectivity index (χ1n) is 6.70. The van der Waals surface area contributed by atoms with Gasteiger partial charge in [-0.05, 0) is 47.0 Å². The van der Waals surface area contributed by atoms with Gasteiger partial charge in [0.2, 0.25) is 0 Å². The third-order valence-electron chi connectivity index (χ3n) is 3.56. The molecule has 0 atom stereocenters. The van der Waals surface area contributed by atoms with E-state index in [1.165, 1.54) is 11.1 Å². The quantitative estimate of drug-likeness (QED) is 0.680. The van der Waals surface area contributed by atoms with Crippen molar-refractivity contribution in [2.24, 2.45) is 0 Å². The zero-order valence-corrected chi connectivity index (χ0v) is 13.2. The monoisotopic (exact) mass is 315 g/mol. The molecule has 21 heavy (non-hydrogen) atoms. The Bertz CT molecular complexity index is 826. The number of thiophene rings is 1. The highest BCUT2D eigenvalue weighted by Gasteiger charge is 2.12. The zero-order valence-electron chi connectivity index (χ0n) is 11.6. The fraction of sp³-hybridized carbons (Fsp3) is 0.250. The smallest absolute Gasteiger partial charge is 0.111 e. The van der Waals surface area contributed by atoms with Crippen molar-refractivity contribution in [2.45, 2.75) is 19.9 Å². The summed E-state index contributed by atoms with van der Waals surface area (Å²) in [7, 11) is 0. The van der Waals surface area contributed by atoms with Gasteiger partial charge in [-0.25, -0.2) is 4.98 Å². The summed E-state index contributed by atoms with van der Waals surface area (Å²) >= 11 is 7.61. The van der Waals surface area contributed by atoms with Crippen molar-refractivity contribution in [3.05, 3.63) is 51.5 Å². The van der Waals surface area contributed by atoms with Crippen LogP contribution in [0.5, 0.6) is 0 Å². The molecule has 0 fully saturated rings. The van der Waals surface area contributed by atoms with Gasteiger partial charge in [0.25, 0.3) is 0 Å². The molecule has 0 saturated heterocycles. The molecule has 3 rings (SSSR count). The standard InChI is InChI=1S/C16H14ClN3S/c1-11-9-21-10-13(11)8-20-15-6-12(7-18)2-3-14(15)19-16(20)4-5-17/h2-3,6,9-10H,4-5,8H2,1H3. The normalized spacial score (nSPS) is 10.9. The Balaban J connectivity index is 2.14. The van der Waals surface area contributed by atoms with Crippen molar-refractivity contribution in [1.29, 1.82) is 5.26 Å². The Kier molecular flexibility index (Phi) is 3.96. The molecular formula is C16H14ClN3S. The van der Waals surface area contributed by atoms with E-state index < -0.39 is 0 Å². The second-order valence-electron chi connectivity index (χ2n) is 4.95. The minimum atomic E-state index is 0.539. The number of halogens is 1. The van der Waals surface area contributed by atoms with Gasteiger partial charge in [0.1, 0.15) is 5.82 Å². The van der Waals surface area contributed by atoms with Gasteiger partial charge in [-0.3, -0.25) is 0 Å². The lowest BCUT2D eigenvalue weighted by Gasteiger charge is -2.08. The first-order valence-corrected chi connectivity index (χ1v) is 8.17. The lowest BCUT2D eigenvalue weighted by atomic mass is 10.2. The van der Waals surface area contributed by atoms with Crippen LogP contribution in [0.3, 0.4) is 0 Å². The van der Waals surface area contributed by atoms with Crippen LogP contribution in [0.1, 0.15) is 22.5 Å². The molecule has 0 N–H and O–H groups in total. The number of fused-ring (bicyclic) bond motifs is 1. The van der Waals surface area contributed by atoms with Crippen molar-refractivity contribution in [3.63, 3.8) is 0 Å². The molecule has 3 nitrogen and oxygen atoms in total. The molecule has 0 aliphatic heterocycles. The van der Waals surface area contributed by atoms with Crippen LogP contribution in [0.25, 0.3) is 11.0 Å². The average Bonchev–Trinajstić information content (AvgIpc) is 3.04. The van der Waals surface area contributed by atoms with Crippen molar-refractivity contribution >= 4 is 34.0 Å². The van der Waals surface area contributed by atoms with Gasteiger partial charge in [-0.2, -0.15) is 16.6 Å². The van der Waals surface area contributed by atoms with Crippen LogP contribution < -0.4 is 0 Å². The maximum atomic E-state index is 9.10. The third kappa shape index (κ3) is 2.67. The summed E-state index contributed by atoms with van der Waals surface area (Å²) in [6, 6.07) is 7.81. The topological polar surface area (TPSA) is 41.6 Å². The first kappa shape index (κ1) is 14.1. The van der Waals surface area contributed by atoms with Gasteiger partial charge < -0.3 is 4.57 Å². The zero-order chi connectivity index (χ0) is 14.8. The molecule has 0 aliphatic rings. The summed E-state index contributed by atoms with van der Waals surface area (Å²) in [4.78, 5) is 4.66. The second kappa shape index (κ2) is 5.88. The summed E-state index contributed by atoms with van der Waals surface area (Å²) in [6.45, 7) is 2.89. The minimum absolute atomic E-state index is 0.539. The van der Waals surface area contributed by atoms with E-state index in [-0.39, 0.29) is 0 Å². The Morgan fingerprint density at radius 2 is 2.24 bits per heavy atom. The van der Waals surface area contributed by atoms with E-state index >= 15 is 0 Å². The Morgan fingerprint density at radius 3 is 2.90 bits per heavy atom. The number of aryl methyl sites for hydroxylation is 2. The van der Waals surface area contributed by atoms with Gasteiger partial charge >= 0.3 is 0 Å². The maximum Gasteiger partial charge on any atom is 0.111 e. The number of aromatic nitrogens is 2. The van der Waals surface area contributed by atoms with Crippen LogP contribution in [0.2, 0.25) is 0 Å². The van der Waals surface area contributed by atoms with Crippen LogP contribution >= 0.6 is 22.9 Å². The van der Waals surface area contributed by atoms with E-state index in [0.29, 0.717) is 11.4 Å². The summed E-state index contributed by atoms with van der Waals surface area (Å²) < 4.78 is 2.17. The molecular weight excluding hydrogens is 302 g/mol. The molecule has 0 spiro atoms. The molecule has 0 bridgehead atoms. The molecule has 3 aromatic rings. The Hall–Kier alpha value is -1.83. The number of imidazole rings is 1. The van der Waals surface area contributed by atoms with Crippen LogP contribution in [0.4, 0.5) is 0 Å². The van der Waals surface area contributed by atoms with E-state index in [2.05, 4.69) is 33.3 Å². The molecule has 2 aromatic heterocycles. The lowest BCUT2D eigenvalue weighted by molar-refractivity contribution is 0.753. The maximum absolute atomic E-state index is 9.10. The van der Waals surface area contributed by atoms with Gasteiger partial charge in [-0.15, -0.1) is 11.6 Å². The number of hydrogen-bond acceptors (Lipinski definition) is 3. The van der Waals surface area contributed by atoms with Crippen molar-refractivity contribution in [3.8, 4) is 6.07 Å². The number of rotatable bonds is 4. The predicted molar refractivity (Wildman–Crippen MR) is 87.0 cm³/mol. The van der Waals surface area contributed by atoms with Gasteiger partial charge in [0.05, 0.1) is 29.2 Å². The molecule has 1 aromatic carbocycles. The van der Waals surface area contributed by atoms with Gasteiger partial charge in [0, 0.05) is 12.3 Å². The number of hydrogen-bond donors (Lipinski definition) is 0. The van der Waals surface area contributed by atoms with Crippen LogP contribution in [-0.2, 0) is 13.0 Å². The van der Waals surface area contributed by atoms with E-state index in [4.69, 9.17) is 16.9 Å². The average molecular weight is 316 g/mol. The highest BCUT2D eigenvalue weighted by atomic mass is 35.5. The third-order valence-corrected chi connectivity index (χ3v) is 4.66. The van der Waals surface area contributed by atoms with Crippen molar-refractivity contribution in [1.82, 2.24) is 9.55 Å². The second-order valence-corrected chi connectivity index (χ2v) is 6.07. The SMILES string of the molecule is Cc1cscc1Cn1c(CCCl)nc2ccc(C#N)cc21. The predicted octanol–water partition coefficient (Wildman–Crippen LogP) is 4.11. The molecule has 0 radical (unpaired) electrons. The van der Waals surface area contributed by atoms with Crippen LogP contribution in [0, 0.1) is 18.3 Å². The number of nitriles is 1. The number of alkyl halides is 1. The lowest BCUT2D eigenvalue weighted by Crippen LogP contribution is -2.06. The summed E-state index contributed by atoms with van der Waals surface area (Å²) in [5, 5.41) is 13.4. The fourth-order valence-electron chi connectivity index (χ4n) is 2.41. The van der Waals surface area contributed by atoms with Crippen molar-refractivity contribution in [2.75, 3.05) is 5.88 Å². The molecule has 0 aliphatic carbocycles. The largest absolute Gasteiger partial charge is 0.323 e. The van der Waals surface area contributed by atoms with Crippen LogP contribution in [0.15, 0.2) is 29.0 Å². The van der Waals surface area contributed by atoms with Gasteiger partial charge in [0.15, 0.2) is 0 Å². The molecule has 106 valence electrons. The molecule has 2 heterocycles. The Morgan fingerprint density at radius 1 is 1.38 bits per heavy atom.